The predicted molar refractivity (Wildman–Crippen MR) is 98.0 cm³/mol. The van der Waals surface area contributed by atoms with E-state index in [-0.39, 0.29) is 17.1 Å². The molecule has 0 unspecified atom stereocenters. The molecule has 3 rings (SSSR count). The van der Waals surface area contributed by atoms with Gasteiger partial charge in [-0.2, -0.15) is 4.31 Å². The fourth-order valence-electron chi connectivity index (χ4n) is 2.98. The number of nitrogens with one attached hydrogen (secondary N) is 1. The molecule has 0 bridgehead atoms. The number of piperidine rings is 1. The van der Waals surface area contributed by atoms with Crippen molar-refractivity contribution >= 4 is 33.2 Å². The van der Waals surface area contributed by atoms with Gasteiger partial charge in [0.15, 0.2) is 0 Å². The van der Waals surface area contributed by atoms with Gasteiger partial charge in [0, 0.05) is 11.6 Å². The zero-order valence-corrected chi connectivity index (χ0v) is 15.4. The van der Waals surface area contributed by atoms with E-state index in [4.69, 9.17) is 11.6 Å². The molecule has 1 amide bonds. The molecule has 1 atom stereocenters. The predicted octanol–water partition coefficient (Wildman–Crippen LogP) is 3.66. The first-order valence-electron chi connectivity index (χ1n) is 8.22. The normalized spacial score (nSPS) is 18.5. The third kappa shape index (κ3) is 3.90. The van der Waals surface area contributed by atoms with E-state index in [2.05, 4.69) is 5.32 Å². The number of halogens is 2. The lowest BCUT2D eigenvalue weighted by molar-refractivity contribution is -0.120. The topological polar surface area (TPSA) is 66.5 Å². The molecule has 1 heterocycles. The second-order valence-corrected chi connectivity index (χ2v) is 8.38. The maximum absolute atomic E-state index is 13.8. The zero-order chi connectivity index (χ0) is 18.7. The van der Waals surface area contributed by atoms with Crippen LogP contribution in [0.5, 0.6) is 0 Å². The lowest BCUT2D eigenvalue weighted by Crippen LogP contribution is -2.49. The lowest BCUT2D eigenvalue weighted by Gasteiger charge is -2.33. The summed E-state index contributed by atoms with van der Waals surface area (Å²) < 4.78 is 40.9. The lowest BCUT2D eigenvalue weighted by atomic mass is 10.0. The number of hydrogen-bond acceptors (Lipinski definition) is 3. The molecule has 5 nitrogen and oxygen atoms in total. The average molecular weight is 397 g/mol. The molecule has 0 aromatic heterocycles. The van der Waals surface area contributed by atoms with Crippen LogP contribution >= 0.6 is 11.6 Å². The minimum absolute atomic E-state index is 0.0342. The average Bonchev–Trinajstić information content (AvgIpc) is 2.64. The van der Waals surface area contributed by atoms with Crippen LogP contribution in [-0.4, -0.2) is 31.2 Å². The van der Waals surface area contributed by atoms with Gasteiger partial charge >= 0.3 is 0 Å². The molecule has 1 N–H and O–H groups in total. The number of rotatable bonds is 4. The Hall–Kier alpha value is -1.96. The van der Waals surface area contributed by atoms with Crippen molar-refractivity contribution < 1.29 is 17.6 Å². The Kier molecular flexibility index (Phi) is 5.60. The van der Waals surface area contributed by atoms with Crippen LogP contribution in [-0.2, 0) is 14.8 Å². The van der Waals surface area contributed by atoms with Gasteiger partial charge < -0.3 is 5.32 Å². The van der Waals surface area contributed by atoms with Crippen molar-refractivity contribution in [1.29, 1.82) is 0 Å². The molecular weight excluding hydrogens is 379 g/mol. The highest BCUT2D eigenvalue weighted by Crippen LogP contribution is 2.27. The van der Waals surface area contributed by atoms with Gasteiger partial charge in [-0.15, -0.1) is 0 Å². The zero-order valence-electron chi connectivity index (χ0n) is 13.9. The number of sulfonamides is 1. The van der Waals surface area contributed by atoms with Gasteiger partial charge in [-0.3, -0.25) is 4.79 Å². The van der Waals surface area contributed by atoms with Gasteiger partial charge in [0.25, 0.3) is 0 Å². The molecule has 26 heavy (non-hydrogen) atoms. The van der Waals surface area contributed by atoms with Crippen molar-refractivity contribution in [3.8, 4) is 0 Å². The highest BCUT2D eigenvalue weighted by atomic mass is 35.5. The van der Waals surface area contributed by atoms with Gasteiger partial charge in [0.1, 0.15) is 11.9 Å². The first kappa shape index (κ1) is 18.8. The molecule has 1 aliphatic heterocycles. The van der Waals surface area contributed by atoms with Crippen LogP contribution in [0.25, 0.3) is 0 Å². The quantitative estimate of drug-likeness (QED) is 0.857. The standard InChI is InChI=1S/C18H18ClFN2O3S/c19-13-8-10-14(11-9-13)26(24,25)22-12-4-3-7-17(22)18(23)21-16-6-2-1-5-15(16)20/h1-2,5-6,8-11,17H,3-4,7,12H2,(H,21,23)/t17-/m0/s1. The molecule has 138 valence electrons. The monoisotopic (exact) mass is 396 g/mol. The minimum atomic E-state index is -3.86. The van der Waals surface area contributed by atoms with Gasteiger partial charge in [-0.05, 0) is 49.2 Å². The van der Waals surface area contributed by atoms with Gasteiger partial charge in [-0.1, -0.05) is 30.2 Å². The van der Waals surface area contributed by atoms with Crippen molar-refractivity contribution in [1.82, 2.24) is 4.31 Å². The largest absolute Gasteiger partial charge is 0.322 e. The Bertz CT molecular complexity index is 903. The second-order valence-electron chi connectivity index (χ2n) is 6.05. The molecule has 2 aromatic rings. The summed E-state index contributed by atoms with van der Waals surface area (Å²) in [4.78, 5) is 12.7. The number of carbonyl (C=O) groups is 1. The second kappa shape index (κ2) is 7.73. The van der Waals surface area contributed by atoms with Gasteiger partial charge in [-0.25, -0.2) is 12.8 Å². The Morgan fingerprint density at radius 1 is 1.12 bits per heavy atom. The van der Waals surface area contributed by atoms with E-state index in [0.29, 0.717) is 17.9 Å². The van der Waals surface area contributed by atoms with Crippen LogP contribution in [0.4, 0.5) is 10.1 Å². The van der Waals surface area contributed by atoms with E-state index in [9.17, 15) is 17.6 Å². The molecule has 0 saturated carbocycles. The van der Waals surface area contributed by atoms with Crippen LogP contribution in [0, 0.1) is 5.82 Å². The summed E-state index contributed by atoms with van der Waals surface area (Å²) in [6.45, 7) is 0.236. The number of carbonyl (C=O) groups excluding carboxylic acids is 1. The molecule has 0 radical (unpaired) electrons. The molecule has 0 spiro atoms. The Morgan fingerprint density at radius 2 is 1.81 bits per heavy atom. The van der Waals surface area contributed by atoms with Gasteiger partial charge in [0.05, 0.1) is 10.6 Å². The molecule has 8 heteroatoms. The van der Waals surface area contributed by atoms with Crippen molar-refractivity contribution in [3.63, 3.8) is 0 Å². The first-order valence-corrected chi connectivity index (χ1v) is 10.0. The van der Waals surface area contributed by atoms with Crippen LogP contribution in [0.1, 0.15) is 19.3 Å². The smallest absolute Gasteiger partial charge is 0.243 e. The van der Waals surface area contributed by atoms with E-state index in [1.165, 1.54) is 46.8 Å². The van der Waals surface area contributed by atoms with Crippen molar-refractivity contribution in [2.45, 2.75) is 30.2 Å². The van der Waals surface area contributed by atoms with Crippen LogP contribution in [0.2, 0.25) is 5.02 Å². The third-order valence-electron chi connectivity index (χ3n) is 4.31. The summed E-state index contributed by atoms with van der Waals surface area (Å²) in [6, 6.07) is 10.7. The number of anilines is 1. The molecule has 0 aliphatic carbocycles. The van der Waals surface area contributed by atoms with E-state index < -0.39 is 27.8 Å². The van der Waals surface area contributed by atoms with Gasteiger partial charge in [0.2, 0.25) is 15.9 Å². The van der Waals surface area contributed by atoms with Crippen molar-refractivity contribution in [2.75, 3.05) is 11.9 Å². The van der Waals surface area contributed by atoms with E-state index >= 15 is 0 Å². The highest BCUT2D eigenvalue weighted by Gasteiger charge is 2.37. The Balaban J connectivity index is 1.86. The summed E-state index contributed by atoms with van der Waals surface area (Å²) in [7, 11) is -3.86. The van der Waals surface area contributed by atoms with E-state index in [1.54, 1.807) is 6.07 Å². The SMILES string of the molecule is O=C(Nc1ccccc1F)[C@@H]1CCCCN1S(=O)(=O)c1ccc(Cl)cc1. The summed E-state index contributed by atoms with van der Waals surface area (Å²) in [6.07, 6.45) is 1.77. The van der Waals surface area contributed by atoms with E-state index in [0.717, 1.165) is 6.42 Å². The van der Waals surface area contributed by atoms with Crippen LogP contribution in [0.3, 0.4) is 0 Å². The maximum atomic E-state index is 13.8. The molecule has 1 aliphatic rings. The molecular formula is C18H18ClFN2O3S. The Morgan fingerprint density at radius 3 is 2.50 bits per heavy atom. The fraction of sp³-hybridized carbons (Fsp3) is 0.278. The number of para-hydroxylation sites is 1. The van der Waals surface area contributed by atoms with Crippen molar-refractivity contribution in [2.24, 2.45) is 0 Å². The summed E-state index contributed by atoms with van der Waals surface area (Å²) in [5.74, 6) is -1.10. The number of amides is 1. The van der Waals surface area contributed by atoms with Crippen LogP contribution in [0.15, 0.2) is 53.4 Å². The molecule has 1 fully saturated rings. The van der Waals surface area contributed by atoms with Crippen molar-refractivity contribution in [3.05, 3.63) is 59.4 Å². The Labute approximate surface area is 156 Å². The van der Waals surface area contributed by atoms with Crippen LogP contribution < -0.4 is 5.32 Å². The first-order chi connectivity index (χ1) is 12.4. The highest BCUT2D eigenvalue weighted by molar-refractivity contribution is 7.89. The van der Waals surface area contributed by atoms with E-state index in [1.807, 2.05) is 0 Å². The number of nitrogens with zero attached hydrogens (tertiary/aromatic N) is 1. The minimum Gasteiger partial charge on any atom is -0.322 e. The maximum Gasteiger partial charge on any atom is 0.243 e. The third-order valence-corrected chi connectivity index (χ3v) is 6.48. The molecule has 2 aromatic carbocycles. The summed E-state index contributed by atoms with van der Waals surface area (Å²) in [5.41, 5.74) is 0.0342. The summed E-state index contributed by atoms with van der Waals surface area (Å²) >= 11 is 5.82. The summed E-state index contributed by atoms with van der Waals surface area (Å²) in [5, 5.41) is 2.93. The number of hydrogen-bond donors (Lipinski definition) is 1. The number of benzene rings is 2. The molecule has 1 saturated heterocycles. The fourth-order valence-corrected chi connectivity index (χ4v) is 4.76.